The fraction of sp³-hybridized carbons (Fsp3) is 0.533. The number of amidine groups is 1. The summed E-state index contributed by atoms with van der Waals surface area (Å²) in [7, 11) is 0. The number of nitrogens with zero attached hydrogens (tertiary/aromatic N) is 2. The molecule has 2 atom stereocenters. The highest BCUT2D eigenvalue weighted by molar-refractivity contribution is 6.02. The molecule has 1 fully saturated rings. The molecule has 0 aromatic heterocycles. The second-order valence-electron chi connectivity index (χ2n) is 5.56. The highest BCUT2D eigenvalue weighted by atomic mass is 16.4. The van der Waals surface area contributed by atoms with Crippen molar-refractivity contribution >= 4 is 11.5 Å². The van der Waals surface area contributed by atoms with Crippen molar-refractivity contribution in [3.8, 4) is 0 Å². The summed E-state index contributed by atoms with van der Waals surface area (Å²) < 4.78 is 0. The highest BCUT2D eigenvalue weighted by Crippen LogP contribution is 2.31. The second kappa shape index (κ2) is 5.51. The largest absolute Gasteiger partial charge is 0.409 e. The molecule has 1 saturated heterocycles. The normalized spacial score (nSPS) is 24.6. The average molecular weight is 261 g/mol. The molecule has 0 bridgehead atoms. The smallest absolute Gasteiger partial charge is 0.172 e. The first-order valence-electron chi connectivity index (χ1n) is 6.89. The van der Waals surface area contributed by atoms with Crippen molar-refractivity contribution in [1.82, 2.24) is 0 Å². The van der Waals surface area contributed by atoms with Crippen molar-refractivity contribution in [2.24, 2.45) is 16.8 Å². The van der Waals surface area contributed by atoms with Crippen LogP contribution in [0.3, 0.4) is 0 Å². The van der Waals surface area contributed by atoms with E-state index in [9.17, 15) is 0 Å². The molecule has 0 radical (unpaired) electrons. The van der Waals surface area contributed by atoms with Crippen molar-refractivity contribution in [2.75, 3.05) is 11.4 Å². The van der Waals surface area contributed by atoms with Crippen LogP contribution in [-0.4, -0.2) is 23.6 Å². The molecule has 3 N–H and O–H groups in total. The van der Waals surface area contributed by atoms with Gasteiger partial charge in [-0.25, -0.2) is 0 Å². The Kier molecular flexibility index (Phi) is 3.98. The van der Waals surface area contributed by atoms with Gasteiger partial charge in [-0.1, -0.05) is 18.1 Å². The van der Waals surface area contributed by atoms with E-state index < -0.39 is 0 Å². The highest BCUT2D eigenvalue weighted by Gasteiger charge is 2.27. The van der Waals surface area contributed by atoms with Crippen LogP contribution in [0.4, 0.5) is 5.69 Å². The lowest BCUT2D eigenvalue weighted by atomic mass is 9.90. The third kappa shape index (κ3) is 2.67. The summed E-state index contributed by atoms with van der Waals surface area (Å²) >= 11 is 0. The summed E-state index contributed by atoms with van der Waals surface area (Å²) in [5.74, 6) is 0.842. The molecule has 2 rings (SSSR count). The van der Waals surface area contributed by atoms with E-state index in [1.807, 2.05) is 12.1 Å². The van der Waals surface area contributed by atoms with E-state index in [-0.39, 0.29) is 5.84 Å². The van der Waals surface area contributed by atoms with E-state index in [1.165, 1.54) is 18.4 Å². The van der Waals surface area contributed by atoms with Crippen molar-refractivity contribution in [2.45, 2.75) is 39.7 Å². The summed E-state index contributed by atoms with van der Waals surface area (Å²) in [6, 6.07) is 6.53. The van der Waals surface area contributed by atoms with Gasteiger partial charge in [0, 0.05) is 23.8 Å². The number of aryl methyl sites for hydroxylation is 1. The summed E-state index contributed by atoms with van der Waals surface area (Å²) in [5.41, 5.74) is 8.89. The van der Waals surface area contributed by atoms with Gasteiger partial charge in [-0.2, -0.15) is 0 Å². The van der Waals surface area contributed by atoms with Crippen LogP contribution in [0, 0.1) is 12.8 Å². The number of hydrogen-bond donors (Lipinski definition) is 2. The zero-order valence-corrected chi connectivity index (χ0v) is 11.9. The molecule has 104 valence electrons. The van der Waals surface area contributed by atoms with E-state index in [4.69, 9.17) is 10.9 Å². The quantitative estimate of drug-likeness (QED) is 0.372. The Hall–Kier alpha value is -1.71. The van der Waals surface area contributed by atoms with Gasteiger partial charge in [-0.3, -0.25) is 0 Å². The first kappa shape index (κ1) is 13.7. The summed E-state index contributed by atoms with van der Waals surface area (Å²) in [6.45, 7) is 7.64. The first-order chi connectivity index (χ1) is 9.04. The van der Waals surface area contributed by atoms with E-state index in [0.717, 1.165) is 17.8 Å². The molecular formula is C15H23N3O. The molecule has 4 heteroatoms. The van der Waals surface area contributed by atoms with Crippen molar-refractivity contribution in [3.63, 3.8) is 0 Å². The second-order valence-corrected chi connectivity index (χ2v) is 5.56. The molecule has 2 unspecified atom stereocenters. The average Bonchev–Trinajstić information content (AvgIpc) is 2.41. The lowest BCUT2D eigenvalue weighted by Gasteiger charge is -2.40. The Morgan fingerprint density at radius 1 is 1.42 bits per heavy atom. The van der Waals surface area contributed by atoms with Crippen molar-refractivity contribution in [3.05, 3.63) is 29.3 Å². The van der Waals surface area contributed by atoms with Gasteiger partial charge in [0.05, 0.1) is 0 Å². The van der Waals surface area contributed by atoms with Crippen LogP contribution in [0.5, 0.6) is 0 Å². The minimum absolute atomic E-state index is 0.181. The number of rotatable bonds is 2. The zero-order chi connectivity index (χ0) is 14.0. The summed E-state index contributed by atoms with van der Waals surface area (Å²) in [6.07, 6.45) is 2.46. The van der Waals surface area contributed by atoms with Gasteiger partial charge in [0.2, 0.25) is 0 Å². The summed E-state index contributed by atoms with van der Waals surface area (Å²) in [4.78, 5) is 2.38. The lowest BCUT2D eigenvalue weighted by Crippen LogP contribution is -2.43. The summed E-state index contributed by atoms with van der Waals surface area (Å²) in [5, 5.41) is 12.1. The molecule has 1 aliphatic heterocycles. The molecular weight excluding hydrogens is 238 g/mol. The van der Waals surface area contributed by atoms with Gasteiger partial charge >= 0.3 is 0 Å². The Labute approximate surface area is 114 Å². The number of oxime groups is 1. The molecule has 0 spiro atoms. The minimum atomic E-state index is 0.181. The van der Waals surface area contributed by atoms with Gasteiger partial charge in [0.25, 0.3) is 0 Å². The van der Waals surface area contributed by atoms with Crippen LogP contribution in [0.1, 0.15) is 37.8 Å². The maximum Gasteiger partial charge on any atom is 0.172 e. The molecule has 0 aliphatic carbocycles. The van der Waals surface area contributed by atoms with Crippen molar-refractivity contribution in [1.29, 1.82) is 0 Å². The van der Waals surface area contributed by atoms with Gasteiger partial charge < -0.3 is 15.8 Å². The standard InChI is InChI=1S/C15H23N3O/c1-10-6-7-13(15(16)17-19)14(9-10)18-8-4-5-11(2)12(18)3/h6-7,9,11-12,19H,4-5,8H2,1-3H3,(H2,16,17). The minimum Gasteiger partial charge on any atom is -0.409 e. The van der Waals surface area contributed by atoms with Crippen molar-refractivity contribution < 1.29 is 5.21 Å². The fourth-order valence-corrected chi connectivity index (χ4v) is 2.83. The van der Waals surface area contributed by atoms with E-state index in [2.05, 4.69) is 36.9 Å². The van der Waals surface area contributed by atoms with Gasteiger partial charge in [0.1, 0.15) is 0 Å². The molecule has 4 nitrogen and oxygen atoms in total. The van der Waals surface area contributed by atoms with Crippen LogP contribution in [0.15, 0.2) is 23.4 Å². The van der Waals surface area contributed by atoms with Crippen LogP contribution < -0.4 is 10.6 Å². The van der Waals surface area contributed by atoms with Crippen LogP contribution >= 0.6 is 0 Å². The van der Waals surface area contributed by atoms with E-state index >= 15 is 0 Å². The third-order valence-electron chi connectivity index (χ3n) is 4.22. The Morgan fingerprint density at radius 2 is 2.16 bits per heavy atom. The molecule has 1 aromatic rings. The van der Waals surface area contributed by atoms with E-state index in [0.29, 0.717) is 12.0 Å². The monoisotopic (exact) mass is 261 g/mol. The molecule has 1 aliphatic rings. The topological polar surface area (TPSA) is 61.9 Å². The SMILES string of the molecule is Cc1ccc(C(N)=NO)c(N2CCCC(C)C2C)c1. The maximum absolute atomic E-state index is 8.94. The molecule has 1 aromatic carbocycles. The number of anilines is 1. The number of benzene rings is 1. The number of hydrogen-bond acceptors (Lipinski definition) is 3. The molecule has 1 heterocycles. The van der Waals surface area contributed by atoms with Crippen LogP contribution in [0.2, 0.25) is 0 Å². The van der Waals surface area contributed by atoms with Crippen LogP contribution in [0.25, 0.3) is 0 Å². The van der Waals surface area contributed by atoms with E-state index in [1.54, 1.807) is 0 Å². The number of piperidine rings is 1. The number of nitrogens with two attached hydrogens (primary N) is 1. The maximum atomic E-state index is 8.94. The zero-order valence-electron chi connectivity index (χ0n) is 11.9. The van der Waals surface area contributed by atoms with Gasteiger partial charge in [-0.05, 0) is 50.3 Å². The van der Waals surface area contributed by atoms with Gasteiger partial charge in [-0.15, -0.1) is 0 Å². The fourth-order valence-electron chi connectivity index (χ4n) is 2.83. The van der Waals surface area contributed by atoms with Crippen LogP contribution in [-0.2, 0) is 0 Å². The molecule has 19 heavy (non-hydrogen) atoms. The predicted octanol–water partition coefficient (Wildman–Crippen LogP) is 2.71. The third-order valence-corrected chi connectivity index (χ3v) is 4.22. The first-order valence-corrected chi connectivity index (χ1v) is 6.89. The Balaban J connectivity index is 2.45. The molecule has 0 saturated carbocycles. The molecule has 0 amide bonds. The Morgan fingerprint density at radius 3 is 2.84 bits per heavy atom. The lowest BCUT2D eigenvalue weighted by molar-refractivity contribution is 0.318. The van der Waals surface area contributed by atoms with Gasteiger partial charge in [0.15, 0.2) is 5.84 Å². The Bertz CT molecular complexity index is 484. The predicted molar refractivity (Wildman–Crippen MR) is 78.9 cm³/mol.